The molecule has 1 atom stereocenters. The summed E-state index contributed by atoms with van der Waals surface area (Å²) in [5, 5.41) is 3.34. The summed E-state index contributed by atoms with van der Waals surface area (Å²) < 4.78 is 10.4. The Balaban J connectivity index is 1.53. The lowest BCUT2D eigenvalue weighted by atomic mass is 10.1. The molecule has 4 rings (SSSR count). The highest BCUT2D eigenvalue weighted by molar-refractivity contribution is 8.15. The summed E-state index contributed by atoms with van der Waals surface area (Å²) in [4.78, 5) is 32.7. The fraction of sp³-hybridized carbons (Fsp3) is 0.222. The van der Waals surface area contributed by atoms with Gasteiger partial charge in [-0.1, -0.05) is 41.6 Å². The third kappa shape index (κ3) is 6.59. The maximum absolute atomic E-state index is 13.2. The van der Waals surface area contributed by atoms with Crippen molar-refractivity contribution in [2.24, 2.45) is 4.99 Å². The average Bonchev–Trinajstić information content (AvgIpc) is 2.89. The Kier molecular flexibility index (Phi) is 8.51. The van der Waals surface area contributed by atoms with Crippen molar-refractivity contribution in [3.63, 3.8) is 0 Å². The van der Waals surface area contributed by atoms with E-state index in [2.05, 4.69) is 5.32 Å². The molecule has 0 aliphatic carbocycles. The summed E-state index contributed by atoms with van der Waals surface area (Å²) in [6, 6.07) is 21.9. The van der Waals surface area contributed by atoms with E-state index in [-0.39, 0.29) is 18.2 Å². The van der Waals surface area contributed by atoms with Crippen molar-refractivity contribution in [1.29, 1.82) is 0 Å². The van der Waals surface area contributed by atoms with E-state index in [9.17, 15) is 9.59 Å². The van der Waals surface area contributed by atoms with Crippen molar-refractivity contribution in [2.45, 2.75) is 18.1 Å². The topological polar surface area (TPSA) is 80.2 Å². The first-order valence-corrected chi connectivity index (χ1v) is 12.6. The number of rotatable bonds is 8. The third-order valence-corrected chi connectivity index (χ3v) is 7.04. The van der Waals surface area contributed by atoms with E-state index in [0.717, 1.165) is 11.3 Å². The minimum Gasteiger partial charge on any atom is -0.497 e. The van der Waals surface area contributed by atoms with Gasteiger partial charge >= 0.3 is 0 Å². The van der Waals surface area contributed by atoms with Crippen molar-refractivity contribution in [2.75, 3.05) is 26.1 Å². The van der Waals surface area contributed by atoms with Crippen LogP contribution in [0.2, 0.25) is 5.02 Å². The second-order valence-corrected chi connectivity index (χ2v) is 9.65. The van der Waals surface area contributed by atoms with Crippen LogP contribution in [0, 0.1) is 0 Å². The predicted octanol–water partition coefficient (Wildman–Crippen LogP) is 5.56. The van der Waals surface area contributed by atoms with E-state index >= 15 is 0 Å². The molecule has 0 saturated carbocycles. The SMILES string of the molecule is COc1ccc(CCN2C(=O)CC(C(=O)Nc3cccc(OC)c3)SC2=Nc2ccc(Cl)cc2)cc1. The number of carbonyl (C=O) groups is 2. The lowest BCUT2D eigenvalue weighted by Crippen LogP contribution is -2.46. The highest BCUT2D eigenvalue weighted by Crippen LogP contribution is 2.31. The molecule has 1 unspecified atom stereocenters. The molecule has 1 saturated heterocycles. The first-order chi connectivity index (χ1) is 17.4. The zero-order chi connectivity index (χ0) is 25.5. The number of ether oxygens (including phenoxy) is 2. The summed E-state index contributed by atoms with van der Waals surface area (Å²) in [5.74, 6) is 0.995. The van der Waals surface area contributed by atoms with Gasteiger partial charge in [-0.25, -0.2) is 4.99 Å². The van der Waals surface area contributed by atoms with Gasteiger partial charge in [0.1, 0.15) is 16.7 Å². The van der Waals surface area contributed by atoms with Gasteiger partial charge in [-0.3, -0.25) is 14.5 Å². The Bertz CT molecular complexity index is 1250. The van der Waals surface area contributed by atoms with Crippen molar-refractivity contribution in [1.82, 2.24) is 4.90 Å². The van der Waals surface area contributed by atoms with Gasteiger partial charge in [0.2, 0.25) is 11.8 Å². The van der Waals surface area contributed by atoms with Gasteiger partial charge in [-0.2, -0.15) is 0 Å². The zero-order valence-corrected chi connectivity index (χ0v) is 21.5. The van der Waals surface area contributed by atoms with Crippen LogP contribution < -0.4 is 14.8 Å². The van der Waals surface area contributed by atoms with E-state index in [0.29, 0.717) is 40.3 Å². The standard InChI is InChI=1S/C27H26ClN3O4S/c1-34-22-12-6-18(7-13-22)14-15-31-25(32)17-24(26(33)29-21-4-3-5-23(16-21)35-2)36-27(31)30-20-10-8-19(28)9-11-20/h3-13,16,24H,14-15,17H2,1-2H3,(H,29,33). The van der Waals surface area contributed by atoms with Crippen LogP contribution in [-0.2, 0) is 16.0 Å². The third-order valence-electron chi connectivity index (χ3n) is 5.60. The molecule has 3 aromatic rings. The fourth-order valence-electron chi connectivity index (χ4n) is 3.64. The smallest absolute Gasteiger partial charge is 0.238 e. The number of thioether (sulfide) groups is 1. The zero-order valence-electron chi connectivity index (χ0n) is 19.9. The lowest BCUT2D eigenvalue weighted by Gasteiger charge is -2.32. The number of amidine groups is 1. The summed E-state index contributed by atoms with van der Waals surface area (Å²) in [7, 11) is 3.19. The van der Waals surface area contributed by atoms with Crippen LogP contribution in [-0.4, -0.2) is 47.9 Å². The van der Waals surface area contributed by atoms with Crippen LogP contribution in [0.1, 0.15) is 12.0 Å². The number of aliphatic imine (C=N–C) groups is 1. The van der Waals surface area contributed by atoms with Crippen LogP contribution in [0.4, 0.5) is 11.4 Å². The molecule has 36 heavy (non-hydrogen) atoms. The molecule has 0 aromatic heterocycles. The quantitative estimate of drug-likeness (QED) is 0.418. The number of nitrogens with zero attached hydrogens (tertiary/aromatic N) is 2. The molecule has 3 aromatic carbocycles. The maximum Gasteiger partial charge on any atom is 0.238 e. The van der Waals surface area contributed by atoms with E-state index in [1.54, 1.807) is 67.7 Å². The molecule has 9 heteroatoms. The fourth-order valence-corrected chi connectivity index (χ4v) is 4.89. The Morgan fingerprint density at radius 2 is 1.78 bits per heavy atom. The number of hydrogen-bond acceptors (Lipinski definition) is 6. The summed E-state index contributed by atoms with van der Waals surface area (Å²) in [5.41, 5.74) is 2.32. The molecular formula is C27H26ClN3O4S. The molecule has 2 amide bonds. The molecular weight excluding hydrogens is 498 g/mol. The van der Waals surface area contributed by atoms with E-state index in [1.165, 1.54) is 11.8 Å². The van der Waals surface area contributed by atoms with Gasteiger partial charge in [-0.15, -0.1) is 0 Å². The van der Waals surface area contributed by atoms with Crippen molar-refractivity contribution in [3.05, 3.63) is 83.4 Å². The van der Waals surface area contributed by atoms with Crippen molar-refractivity contribution >= 4 is 51.7 Å². The molecule has 7 nitrogen and oxygen atoms in total. The van der Waals surface area contributed by atoms with Gasteiger partial charge in [0, 0.05) is 29.7 Å². The number of amides is 2. The molecule has 0 spiro atoms. The molecule has 186 valence electrons. The number of halogens is 1. The summed E-state index contributed by atoms with van der Waals surface area (Å²) in [6.45, 7) is 0.439. The Labute approximate surface area is 219 Å². The lowest BCUT2D eigenvalue weighted by molar-refractivity contribution is -0.129. The van der Waals surface area contributed by atoms with Crippen LogP contribution >= 0.6 is 23.4 Å². The molecule has 1 aliphatic heterocycles. The first kappa shape index (κ1) is 25.6. The van der Waals surface area contributed by atoms with Gasteiger partial charge in [0.25, 0.3) is 0 Å². The highest BCUT2D eigenvalue weighted by Gasteiger charge is 2.35. The van der Waals surface area contributed by atoms with Gasteiger partial charge in [0.05, 0.1) is 19.9 Å². The Morgan fingerprint density at radius 1 is 1.06 bits per heavy atom. The van der Waals surface area contributed by atoms with Crippen LogP contribution in [0.15, 0.2) is 77.8 Å². The Morgan fingerprint density at radius 3 is 2.47 bits per heavy atom. The highest BCUT2D eigenvalue weighted by atomic mass is 35.5. The average molecular weight is 524 g/mol. The molecule has 1 fully saturated rings. The van der Waals surface area contributed by atoms with E-state index in [1.807, 2.05) is 24.3 Å². The molecule has 1 aliphatic rings. The second kappa shape index (κ2) is 12.0. The van der Waals surface area contributed by atoms with Gasteiger partial charge < -0.3 is 14.8 Å². The number of carbonyl (C=O) groups excluding carboxylic acids is 2. The number of methoxy groups -OCH3 is 2. The summed E-state index contributed by atoms with van der Waals surface area (Å²) in [6.07, 6.45) is 0.708. The van der Waals surface area contributed by atoms with Crippen LogP contribution in [0.3, 0.4) is 0 Å². The normalized spacial score (nSPS) is 16.6. The first-order valence-electron chi connectivity index (χ1n) is 11.3. The van der Waals surface area contributed by atoms with E-state index in [4.69, 9.17) is 26.1 Å². The van der Waals surface area contributed by atoms with Gasteiger partial charge in [0.15, 0.2) is 5.17 Å². The monoisotopic (exact) mass is 523 g/mol. The van der Waals surface area contributed by atoms with E-state index < -0.39 is 5.25 Å². The largest absolute Gasteiger partial charge is 0.497 e. The second-order valence-electron chi connectivity index (χ2n) is 8.05. The van der Waals surface area contributed by atoms with Crippen molar-refractivity contribution in [3.8, 4) is 11.5 Å². The van der Waals surface area contributed by atoms with Gasteiger partial charge in [-0.05, 0) is 60.5 Å². The van der Waals surface area contributed by atoms with Crippen LogP contribution in [0.25, 0.3) is 0 Å². The number of hydrogen-bond donors (Lipinski definition) is 1. The van der Waals surface area contributed by atoms with Crippen molar-refractivity contribution < 1.29 is 19.1 Å². The molecule has 1 N–H and O–H groups in total. The van der Waals surface area contributed by atoms with Crippen LogP contribution in [0.5, 0.6) is 11.5 Å². The molecule has 0 bridgehead atoms. The molecule has 0 radical (unpaired) electrons. The predicted molar refractivity (Wildman–Crippen MR) is 145 cm³/mol. The Hall–Kier alpha value is -3.49. The maximum atomic E-state index is 13.2. The number of anilines is 1. The number of benzene rings is 3. The molecule has 1 heterocycles. The summed E-state index contributed by atoms with van der Waals surface area (Å²) >= 11 is 7.30. The minimum absolute atomic E-state index is 0.0721. The minimum atomic E-state index is -0.619. The number of nitrogens with one attached hydrogen (secondary N) is 1.